The van der Waals surface area contributed by atoms with Gasteiger partial charge in [-0.25, -0.2) is 4.39 Å². The van der Waals surface area contributed by atoms with Crippen LogP contribution in [0, 0.1) is 26.6 Å². The molecule has 0 fully saturated rings. The molecule has 2 N–H and O–H groups in total. The van der Waals surface area contributed by atoms with Crippen LogP contribution in [0.1, 0.15) is 37.5 Å². The summed E-state index contributed by atoms with van der Waals surface area (Å²) in [5, 5.41) is 6.35. The summed E-state index contributed by atoms with van der Waals surface area (Å²) in [4.78, 5) is 29.0. The van der Waals surface area contributed by atoms with Gasteiger partial charge in [0.25, 0.3) is 11.8 Å². The van der Waals surface area contributed by atoms with E-state index in [1.165, 1.54) is 6.07 Å². The summed E-state index contributed by atoms with van der Waals surface area (Å²) in [6.07, 6.45) is 0. The average molecular weight is 379 g/mol. The minimum Gasteiger partial charge on any atom is -0.350 e. The Morgan fingerprint density at radius 2 is 1.64 bits per heavy atom. The van der Waals surface area contributed by atoms with Crippen LogP contribution in [0.25, 0.3) is 10.9 Å². The number of halogens is 1. The van der Waals surface area contributed by atoms with Crippen LogP contribution in [0.4, 0.5) is 4.39 Å². The number of hydrogen-bond acceptors (Lipinski definition) is 3. The predicted octanol–water partition coefficient (Wildman–Crippen LogP) is 3.46. The number of hydrogen-bond donors (Lipinski definition) is 2. The van der Waals surface area contributed by atoms with E-state index in [9.17, 15) is 14.0 Å². The van der Waals surface area contributed by atoms with E-state index in [0.29, 0.717) is 16.8 Å². The molecule has 0 radical (unpaired) electrons. The van der Waals surface area contributed by atoms with Gasteiger partial charge < -0.3 is 10.6 Å². The molecule has 0 bridgehead atoms. The number of benzene rings is 2. The van der Waals surface area contributed by atoms with Crippen LogP contribution in [0.15, 0.2) is 42.5 Å². The molecule has 144 valence electrons. The maximum absolute atomic E-state index is 13.6. The van der Waals surface area contributed by atoms with Crippen molar-refractivity contribution in [1.82, 2.24) is 15.6 Å². The first kappa shape index (κ1) is 19.5. The molecule has 0 saturated carbocycles. The number of aryl methyl sites for hydroxylation is 3. The smallest absolute Gasteiger partial charge is 0.253 e. The fourth-order valence-corrected chi connectivity index (χ4v) is 2.91. The van der Waals surface area contributed by atoms with Gasteiger partial charge in [0.1, 0.15) is 5.82 Å². The monoisotopic (exact) mass is 379 g/mol. The lowest BCUT2D eigenvalue weighted by Crippen LogP contribution is -2.35. The van der Waals surface area contributed by atoms with E-state index in [4.69, 9.17) is 0 Å². The molecular weight excluding hydrogens is 357 g/mol. The number of rotatable bonds is 5. The number of nitrogens with one attached hydrogen (secondary N) is 2. The second kappa shape index (κ2) is 8.17. The first-order valence-corrected chi connectivity index (χ1v) is 9.05. The molecule has 0 saturated heterocycles. The van der Waals surface area contributed by atoms with E-state index in [2.05, 4.69) is 15.6 Å². The minimum atomic E-state index is -0.421. The molecule has 3 rings (SSSR count). The molecule has 3 aromatic rings. The van der Waals surface area contributed by atoms with Gasteiger partial charge in [-0.1, -0.05) is 17.7 Å². The fraction of sp³-hybridized carbons (Fsp3) is 0.227. The number of carbonyl (C=O) groups is 2. The highest BCUT2D eigenvalue weighted by Gasteiger charge is 2.12. The van der Waals surface area contributed by atoms with Crippen molar-refractivity contribution in [2.24, 2.45) is 0 Å². The van der Waals surface area contributed by atoms with Gasteiger partial charge in [0.15, 0.2) is 0 Å². The highest BCUT2D eigenvalue weighted by molar-refractivity contribution is 5.99. The third-order valence-corrected chi connectivity index (χ3v) is 4.54. The van der Waals surface area contributed by atoms with Crippen molar-refractivity contribution in [1.29, 1.82) is 0 Å². The predicted molar refractivity (Wildman–Crippen MR) is 107 cm³/mol. The summed E-state index contributed by atoms with van der Waals surface area (Å²) in [7, 11) is 0. The van der Waals surface area contributed by atoms with Crippen LogP contribution in [0.5, 0.6) is 0 Å². The Labute approximate surface area is 163 Å². The number of pyridine rings is 1. The zero-order valence-corrected chi connectivity index (χ0v) is 16.1. The maximum atomic E-state index is 13.6. The van der Waals surface area contributed by atoms with Crippen LogP contribution >= 0.6 is 0 Å². The van der Waals surface area contributed by atoms with Crippen molar-refractivity contribution in [2.45, 2.75) is 20.8 Å². The quantitative estimate of drug-likeness (QED) is 0.667. The summed E-state index contributed by atoms with van der Waals surface area (Å²) >= 11 is 0. The van der Waals surface area contributed by atoms with E-state index in [-0.39, 0.29) is 30.5 Å². The van der Waals surface area contributed by atoms with Crippen LogP contribution in [-0.4, -0.2) is 29.9 Å². The summed E-state index contributed by atoms with van der Waals surface area (Å²) in [5.74, 6) is -1.05. The van der Waals surface area contributed by atoms with Gasteiger partial charge in [0.05, 0.1) is 16.8 Å². The third kappa shape index (κ3) is 4.34. The molecule has 1 heterocycles. The van der Waals surface area contributed by atoms with Crippen molar-refractivity contribution in [3.05, 3.63) is 76.2 Å². The molecule has 0 aliphatic heterocycles. The highest BCUT2D eigenvalue weighted by atomic mass is 19.1. The third-order valence-electron chi connectivity index (χ3n) is 4.54. The van der Waals surface area contributed by atoms with Crippen molar-refractivity contribution in [3.63, 3.8) is 0 Å². The number of fused-ring (bicyclic) bond motifs is 1. The van der Waals surface area contributed by atoms with Crippen LogP contribution in [-0.2, 0) is 0 Å². The second-order valence-electron chi connectivity index (χ2n) is 6.79. The number of amides is 2. The first-order chi connectivity index (χ1) is 13.3. The molecule has 5 nitrogen and oxygen atoms in total. The van der Waals surface area contributed by atoms with E-state index < -0.39 is 5.82 Å². The lowest BCUT2D eigenvalue weighted by molar-refractivity contribution is 0.0927. The van der Waals surface area contributed by atoms with E-state index in [1.807, 2.05) is 31.2 Å². The van der Waals surface area contributed by atoms with Crippen molar-refractivity contribution < 1.29 is 14.0 Å². The van der Waals surface area contributed by atoms with E-state index >= 15 is 0 Å². The molecule has 2 amide bonds. The topological polar surface area (TPSA) is 71.1 Å². The van der Waals surface area contributed by atoms with Gasteiger partial charge in [0.2, 0.25) is 0 Å². The largest absolute Gasteiger partial charge is 0.350 e. The summed E-state index contributed by atoms with van der Waals surface area (Å²) in [6.45, 7) is 5.91. The summed E-state index contributed by atoms with van der Waals surface area (Å²) < 4.78 is 13.6. The summed E-state index contributed by atoms with van der Waals surface area (Å²) in [5.41, 5.74) is 3.83. The molecule has 0 unspecified atom stereocenters. The average Bonchev–Trinajstić information content (AvgIpc) is 2.66. The van der Waals surface area contributed by atoms with Gasteiger partial charge in [-0.05, 0) is 56.7 Å². The van der Waals surface area contributed by atoms with Gasteiger partial charge in [-0.2, -0.15) is 0 Å². The van der Waals surface area contributed by atoms with Crippen molar-refractivity contribution >= 4 is 22.7 Å². The molecule has 2 aromatic carbocycles. The summed E-state index contributed by atoms with van der Waals surface area (Å²) in [6, 6.07) is 12.1. The second-order valence-corrected chi connectivity index (χ2v) is 6.79. The molecule has 6 heteroatoms. The number of aromatic nitrogens is 1. The maximum Gasteiger partial charge on any atom is 0.253 e. The zero-order valence-electron chi connectivity index (χ0n) is 16.1. The standard InChI is InChI=1S/C22H22FN3O2/c1-13-4-7-20-17(10-13)11-18(15(3)26-20)22(28)25-9-8-24-21(27)16-6-5-14(2)19(23)12-16/h4-7,10-12H,8-9H2,1-3H3,(H,24,27)(H,25,28). The Kier molecular flexibility index (Phi) is 5.68. The zero-order chi connectivity index (χ0) is 20.3. The van der Waals surface area contributed by atoms with Gasteiger partial charge in [-0.15, -0.1) is 0 Å². The van der Waals surface area contributed by atoms with Crippen LogP contribution in [0.3, 0.4) is 0 Å². The van der Waals surface area contributed by atoms with Gasteiger partial charge in [-0.3, -0.25) is 14.6 Å². The van der Waals surface area contributed by atoms with Gasteiger partial charge >= 0.3 is 0 Å². The fourth-order valence-electron chi connectivity index (χ4n) is 2.91. The lowest BCUT2D eigenvalue weighted by Gasteiger charge is -2.10. The molecule has 0 aliphatic rings. The lowest BCUT2D eigenvalue weighted by atomic mass is 10.1. The Morgan fingerprint density at radius 3 is 2.36 bits per heavy atom. The van der Waals surface area contributed by atoms with Crippen molar-refractivity contribution in [2.75, 3.05) is 13.1 Å². The Bertz CT molecular complexity index is 1060. The van der Waals surface area contributed by atoms with Crippen LogP contribution in [0.2, 0.25) is 0 Å². The van der Waals surface area contributed by atoms with E-state index in [1.54, 1.807) is 26.0 Å². The molecule has 0 spiro atoms. The normalized spacial score (nSPS) is 10.7. The van der Waals surface area contributed by atoms with Gasteiger partial charge in [0, 0.05) is 24.0 Å². The highest BCUT2D eigenvalue weighted by Crippen LogP contribution is 2.18. The molecule has 28 heavy (non-hydrogen) atoms. The number of nitrogens with zero attached hydrogens (tertiary/aromatic N) is 1. The Morgan fingerprint density at radius 1 is 0.929 bits per heavy atom. The molecule has 0 aliphatic carbocycles. The number of carbonyl (C=O) groups excluding carboxylic acids is 2. The first-order valence-electron chi connectivity index (χ1n) is 9.05. The van der Waals surface area contributed by atoms with Crippen LogP contribution < -0.4 is 10.6 Å². The van der Waals surface area contributed by atoms with Crippen molar-refractivity contribution in [3.8, 4) is 0 Å². The molecule has 1 aromatic heterocycles. The Hall–Kier alpha value is -3.28. The minimum absolute atomic E-state index is 0.235. The SMILES string of the molecule is Cc1ccc2nc(C)c(C(=O)NCCNC(=O)c3ccc(C)c(F)c3)cc2c1. The molecular formula is C22H22FN3O2. The Balaban J connectivity index is 1.58. The van der Waals surface area contributed by atoms with E-state index in [0.717, 1.165) is 16.5 Å². The molecule has 0 atom stereocenters.